The molecule has 1 fully saturated rings. The van der Waals surface area contributed by atoms with Gasteiger partial charge >= 0.3 is 5.69 Å². The van der Waals surface area contributed by atoms with Gasteiger partial charge in [0.25, 0.3) is 0 Å². The van der Waals surface area contributed by atoms with Crippen LogP contribution in [0.25, 0.3) is 0 Å². The first-order chi connectivity index (χ1) is 9.61. The lowest BCUT2D eigenvalue weighted by molar-refractivity contribution is -0.387. The van der Waals surface area contributed by atoms with Crippen LogP contribution in [-0.4, -0.2) is 47.4 Å². The lowest BCUT2D eigenvalue weighted by atomic mass is 10.1. The molecule has 0 amide bonds. The van der Waals surface area contributed by atoms with Crippen LogP contribution in [0.4, 0.5) is 10.1 Å². The number of piperazine rings is 1. The molecule has 1 aromatic carbocycles. The molecule has 110 valence electrons. The molecule has 0 N–H and O–H groups in total. The molecule has 1 saturated heterocycles. The Balaban J connectivity index is 1.98. The summed E-state index contributed by atoms with van der Waals surface area (Å²) >= 11 is 0. The standard InChI is InChI=1S/C14H20FN3O2/c1-2-6-16-7-9-17(10-8-16)11-12-4-3-5-13(14(12)15)18(19)20/h3-5H,2,6-11H2,1H3. The van der Waals surface area contributed by atoms with E-state index in [9.17, 15) is 14.5 Å². The number of nitrogens with zero attached hydrogens (tertiary/aromatic N) is 3. The van der Waals surface area contributed by atoms with Crippen LogP contribution >= 0.6 is 0 Å². The van der Waals surface area contributed by atoms with E-state index in [0.717, 1.165) is 39.1 Å². The van der Waals surface area contributed by atoms with Gasteiger partial charge < -0.3 is 4.90 Å². The fraction of sp³-hybridized carbons (Fsp3) is 0.571. The third-order valence-corrected chi connectivity index (χ3v) is 3.65. The van der Waals surface area contributed by atoms with Crippen molar-refractivity contribution in [2.24, 2.45) is 0 Å². The second-order valence-corrected chi connectivity index (χ2v) is 5.13. The van der Waals surface area contributed by atoms with Crippen LogP contribution in [0.15, 0.2) is 18.2 Å². The van der Waals surface area contributed by atoms with E-state index >= 15 is 0 Å². The molecule has 0 aromatic heterocycles. The maximum Gasteiger partial charge on any atom is 0.305 e. The Kier molecular flexibility index (Phi) is 5.03. The molecule has 0 spiro atoms. The highest BCUT2D eigenvalue weighted by molar-refractivity contribution is 5.36. The van der Waals surface area contributed by atoms with Crippen molar-refractivity contribution in [1.29, 1.82) is 0 Å². The Morgan fingerprint density at radius 2 is 1.90 bits per heavy atom. The number of rotatable bonds is 5. The molecule has 0 unspecified atom stereocenters. The van der Waals surface area contributed by atoms with E-state index < -0.39 is 16.4 Å². The fourth-order valence-corrected chi connectivity index (χ4v) is 2.56. The minimum Gasteiger partial charge on any atom is -0.301 e. The van der Waals surface area contributed by atoms with Crippen molar-refractivity contribution in [3.8, 4) is 0 Å². The van der Waals surface area contributed by atoms with Crippen LogP contribution in [-0.2, 0) is 6.54 Å². The van der Waals surface area contributed by atoms with Crippen molar-refractivity contribution in [3.63, 3.8) is 0 Å². The molecule has 1 aliphatic heterocycles. The summed E-state index contributed by atoms with van der Waals surface area (Å²) in [7, 11) is 0. The predicted molar refractivity (Wildman–Crippen MR) is 75.1 cm³/mol. The van der Waals surface area contributed by atoms with Crippen molar-refractivity contribution >= 4 is 5.69 Å². The summed E-state index contributed by atoms with van der Waals surface area (Å²) < 4.78 is 14.0. The lowest BCUT2D eigenvalue weighted by Gasteiger charge is -2.34. The van der Waals surface area contributed by atoms with Crippen LogP contribution < -0.4 is 0 Å². The zero-order chi connectivity index (χ0) is 14.5. The van der Waals surface area contributed by atoms with Crippen molar-refractivity contribution in [2.75, 3.05) is 32.7 Å². The molecular formula is C14H20FN3O2. The maximum atomic E-state index is 14.0. The first-order valence-corrected chi connectivity index (χ1v) is 6.98. The van der Waals surface area contributed by atoms with Gasteiger partial charge in [-0.3, -0.25) is 15.0 Å². The van der Waals surface area contributed by atoms with E-state index in [1.54, 1.807) is 12.1 Å². The first kappa shape index (κ1) is 14.9. The molecule has 20 heavy (non-hydrogen) atoms. The van der Waals surface area contributed by atoms with Gasteiger partial charge in [0.15, 0.2) is 0 Å². The average molecular weight is 281 g/mol. The molecule has 0 bridgehead atoms. The van der Waals surface area contributed by atoms with E-state index in [4.69, 9.17) is 0 Å². The number of nitro benzene ring substituents is 1. The highest BCUT2D eigenvalue weighted by Crippen LogP contribution is 2.21. The summed E-state index contributed by atoms with van der Waals surface area (Å²) in [5.41, 5.74) is -0.0322. The van der Waals surface area contributed by atoms with Crippen molar-refractivity contribution in [1.82, 2.24) is 9.80 Å². The minimum atomic E-state index is -0.700. The highest BCUT2D eigenvalue weighted by Gasteiger charge is 2.21. The van der Waals surface area contributed by atoms with Gasteiger partial charge in [0.1, 0.15) is 0 Å². The van der Waals surface area contributed by atoms with E-state index in [0.29, 0.717) is 12.1 Å². The molecule has 5 nitrogen and oxygen atoms in total. The van der Waals surface area contributed by atoms with Gasteiger partial charge in [-0.1, -0.05) is 19.1 Å². The normalized spacial score (nSPS) is 17.3. The Morgan fingerprint density at radius 1 is 1.25 bits per heavy atom. The largest absolute Gasteiger partial charge is 0.305 e. The summed E-state index contributed by atoms with van der Waals surface area (Å²) in [6.45, 7) is 7.40. The second-order valence-electron chi connectivity index (χ2n) is 5.13. The first-order valence-electron chi connectivity index (χ1n) is 6.98. The summed E-state index contributed by atoms with van der Waals surface area (Å²) in [5, 5.41) is 10.7. The van der Waals surface area contributed by atoms with Crippen LogP contribution in [0, 0.1) is 15.9 Å². The zero-order valence-electron chi connectivity index (χ0n) is 11.7. The number of hydrogen-bond donors (Lipinski definition) is 0. The molecular weight excluding hydrogens is 261 g/mol. The molecule has 1 heterocycles. The van der Waals surface area contributed by atoms with E-state index in [1.807, 2.05) is 0 Å². The van der Waals surface area contributed by atoms with Crippen molar-refractivity contribution in [3.05, 3.63) is 39.7 Å². The topological polar surface area (TPSA) is 49.6 Å². The monoisotopic (exact) mass is 281 g/mol. The Bertz CT molecular complexity index is 473. The smallest absolute Gasteiger partial charge is 0.301 e. The molecule has 0 radical (unpaired) electrons. The molecule has 0 atom stereocenters. The van der Waals surface area contributed by atoms with Crippen LogP contribution in [0.1, 0.15) is 18.9 Å². The van der Waals surface area contributed by atoms with Gasteiger partial charge in [-0.25, -0.2) is 0 Å². The number of benzene rings is 1. The number of hydrogen-bond acceptors (Lipinski definition) is 4. The van der Waals surface area contributed by atoms with Gasteiger partial charge in [-0.05, 0) is 13.0 Å². The Morgan fingerprint density at radius 3 is 2.50 bits per heavy atom. The van der Waals surface area contributed by atoms with E-state index in [1.165, 1.54) is 6.07 Å². The predicted octanol–water partition coefficient (Wildman–Crippen LogP) is 2.26. The van der Waals surface area contributed by atoms with Gasteiger partial charge in [0.05, 0.1) is 4.92 Å². The third kappa shape index (κ3) is 3.52. The maximum absolute atomic E-state index is 14.0. The van der Waals surface area contributed by atoms with Gasteiger partial charge in [0.2, 0.25) is 5.82 Å². The minimum absolute atomic E-state index is 0.406. The molecule has 0 saturated carbocycles. The number of halogens is 1. The molecule has 1 aliphatic rings. The lowest BCUT2D eigenvalue weighted by Crippen LogP contribution is -2.46. The Hall–Kier alpha value is -1.53. The van der Waals surface area contributed by atoms with Crippen molar-refractivity contribution in [2.45, 2.75) is 19.9 Å². The van der Waals surface area contributed by atoms with Crippen molar-refractivity contribution < 1.29 is 9.31 Å². The number of nitro groups is 1. The summed E-state index contributed by atoms with van der Waals surface area (Å²) in [4.78, 5) is 14.6. The molecule has 1 aromatic rings. The van der Waals surface area contributed by atoms with Gasteiger partial charge in [0, 0.05) is 44.4 Å². The quantitative estimate of drug-likeness (QED) is 0.613. The Labute approximate surface area is 118 Å². The van der Waals surface area contributed by atoms with E-state index in [-0.39, 0.29) is 0 Å². The molecule has 2 rings (SSSR count). The molecule has 6 heteroatoms. The van der Waals surface area contributed by atoms with Crippen LogP contribution in [0.3, 0.4) is 0 Å². The fourth-order valence-electron chi connectivity index (χ4n) is 2.56. The zero-order valence-corrected chi connectivity index (χ0v) is 11.7. The molecule has 0 aliphatic carbocycles. The van der Waals surface area contributed by atoms with Crippen LogP contribution in [0.2, 0.25) is 0 Å². The van der Waals surface area contributed by atoms with Crippen LogP contribution in [0.5, 0.6) is 0 Å². The van der Waals surface area contributed by atoms with E-state index in [2.05, 4.69) is 16.7 Å². The highest BCUT2D eigenvalue weighted by atomic mass is 19.1. The summed E-state index contributed by atoms with van der Waals surface area (Å²) in [6, 6.07) is 4.38. The van der Waals surface area contributed by atoms with Gasteiger partial charge in [-0.15, -0.1) is 0 Å². The second kappa shape index (κ2) is 6.76. The average Bonchev–Trinajstić information content (AvgIpc) is 2.43. The van der Waals surface area contributed by atoms with Gasteiger partial charge in [-0.2, -0.15) is 4.39 Å². The summed E-state index contributed by atoms with van der Waals surface area (Å²) in [6.07, 6.45) is 1.14. The summed E-state index contributed by atoms with van der Waals surface area (Å²) in [5.74, 6) is -0.700. The SMILES string of the molecule is CCCN1CCN(Cc2cccc([N+](=O)[O-])c2F)CC1. The third-order valence-electron chi connectivity index (χ3n) is 3.65.